The van der Waals surface area contributed by atoms with Gasteiger partial charge in [-0.25, -0.2) is 0 Å². The van der Waals surface area contributed by atoms with Crippen LogP contribution in [0.15, 0.2) is 174 Å². The highest BCUT2D eigenvalue weighted by Gasteiger charge is 2.19. The highest BCUT2D eigenvalue weighted by Crippen LogP contribution is 2.46. The third kappa shape index (κ3) is 3.76. The minimum atomic E-state index is 0.916. The molecule has 0 aliphatic carbocycles. The normalized spacial score (nSPS) is 12.1. The van der Waals surface area contributed by atoms with Crippen LogP contribution in [0.5, 0.6) is 0 Å². The van der Waals surface area contributed by atoms with Crippen LogP contribution in [0.1, 0.15) is 0 Å². The van der Waals surface area contributed by atoms with Gasteiger partial charge in [0.05, 0.1) is 0 Å². The number of furan rings is 1. The minimum absolute atomic E-state index is 0.916. The summed E-state index contributed by atoms with van der Waals surface area (Å²) in [6.07, 6.45) is 0. The summed E-state index contributed by atoms with van der Waals surface area (Å²) in [5.41, 5.74) is 6.72. The average Bonchev–Trinajstić information content (AvgIpc) is 3.57. The van der Waals surface area contributed by atoms with Crippen LogP contribution in [0.2, 0.25) is 0 Å². The summed E-state index contributed by atoms with van der Waals surface area (Å²) in [5.74, 6) is 0. The molecule has 10 aromatic carbocycles. The lowest BCUT2D eigenvalue weighted by atomic mass is 9.85. The molecule has 0 saturated heterocycles. The summed E-state index contributed by atoms with van der Waals surface area (Å²) in [7, 11) is 0. The molecule has 11 rings (SSSR count). The Kier molecular flexibility index (Phi) is 5.45. The fraction of sp³-hybridized carbons (Fsp3) is 0. The van der Waals surface area contributed by atoms with E-state index in [2.05, 4.69) is 170 Å². The SMILES string of the molecule is c1ccc(-c2ccc3c(c2)c2ccccc2c2c4ccc(-c5cccc6oc7c8ccccc8ccc7c56)cc4c4ccccc4c32)cc1. The van der Waals surface area contributed by atoms with Crippen molar-refractivity contribution < 1.29 is 4.42 Å². The van der Waals surface area contributed by atoms with E-state index < -0.39 is 0 Å². The monoisotopic (exact) mass is 620 g/mol. The number of hydrogen-bond donors (Lipinski definition) is 0. The van der Waals surface area contributed by atoms with Gasteiger partial charge in [-0.15, -0.1) is 0 Å². The molecule has 49 heavy (non-hydrogen) atoms. The van der Waals surface area contributed by atoms with Crippen molar-refractivity contribution >= 4 is 86.6 Å². The minimum Gasteiger partial charge on any atom is -0.455 e. The van der Waals surface area contributed by atoms with E-state index in [0.29, 0.717) is 0 Å². The Morgan fingerprint density at radius 1 is 0.286 bits per heavy atom. The number of rotatable bonds is 2. The molecule has 0 aliphatic heterocycles. The molecule has 1 aromatic heterocycles. The zero-order valence-corrected chi connectivity index (χ0v) is 26.6. The molecule has 11 aromatic rings. The van der Waals surface area contributed by atoms with Crippen LogP contribution in [-0.2, 0) is 0 Å². The Hall–Kier alpha value is -6.44. The lowest BCUT2D eigenvalue weighted by molar-refractivity contribution is 0.673. The lowest BCUT2D eigenvalue weighted by Crippen LogP contribution is -1.90. The van der Waals surface area contributed by atoms with Gasteiger partial charge in [0.15, 0.2) is 0 Å². The second kappa shape index (κ2) is 10.0. The molecule has 0 spiro atoms. The van der Waals surface area contributed by atoms with Crippen LogP contribution in [-0.4, -0.2) is 0 Å². The van der Waals surface area contributed by atoms with Crippen molar-refractivity contribution in [1.29, 1.82) is 0 Å². The maximum atomic E-state index is 6.57. The topological polar surface area (TPSA) is 13.1 Å². The quantitative estimate of drug-likeness (QED) is 0.175. The van der Waals surface area contributed by atoms with E-state index in [4.69, 9.17) is 4.42 Å². The molecular formula is C48H28O. The van der Waals surface area contributed by atoms with Gasteiger partial charge >= 0.3 is 0 Å². The van der Waals surface area contributed by atoms with Crippen molar-refractivity contribution in [1.82, 2.24) is 0 Å². The molecule has 226 valence electrons. The molecule has 0 bridgehead atoms. The fourth-order valence-corrected chi connectivity index (χ4v) is 8.44. The highest BCUT2D eigenvalue weighted by molar-refractivity contribution is 6.39. The van der Waals surface area contributed by atoms with Gasteiger partial charge in [-0.05, 0) is 106 Å². The third-order valence-corrected chi connectivity index (χ3v) is 10.6. The van der Waals surface area contributed by atoms with Gasteiger partial charge in [-0.1, -0.05) is 146 Å². The molecule has 0 unspecified atom stereocenters. The van der Waals surface area contributed by atoms with E-state index in [1.54, 1.807) is 0 Å². The first-order valence-electron chi connectivity index (χ1n) is 16.9. The van der Waals surface area contributed by atoms with Crippen molar-refractivity contribution in [2.75, 3.05) is 0 Å². The van der Waals surface area contributed by atoms with Crippen LogP contribution >= 0.6 is 0 Å². The first-order chi connectivity index (χ1) is 24.3. The molecule has 0 radical (unpaired) electrons. The van der Waals surface area contributed by atoms with Gasteiger partial charge in [0.1, 0.15) is 11.2 Å². The summed E-state index contributed by atoms with van der Waals surface area (Å²) >= 11 is 0. The summed E-state index contributed by atoms with van der Waals surface area (Å²) in [4.78, 5) is 0. The van der Waals surface area contributed by atoms with Crippen LogP contribution in [0.3, 0.4) is 0 Å². The van der Waals surface area contributed by atoms with E-state index in [9.17, 15) is 0 Å². The maximum Gasteiger partial charge on any atom is 0.143 e. The van der Waals surface area contributed by atoms with Crippen LogP contribution < -0.4 is 0 Å². The predicted molar refractivity (Wildman–Crippen MR) is 210 cm³/mol. The molecule has 0 N–H and O–H groups in total. The Bertz CT molecular complexity index is 3150. The average molecular weight is 621 g/mol. The summed E-state index contributed by atoms with van der Waals surface area (Å²) in [6.45, 7) is 0. The first-order valence-corrected chi connectivity index (χ1v) is 16.9. The molecule has 1 heteroatoms. The first kappa shape index (κ1) is 26.6. The van der Waals surface area contributed by atoms with E-state index in [0.717, 1.165) is 21.9 Å². The Morgan fingerprint density at radius 2 is 0.837 bits per heavy atom. The molecule has 0 aliphatic rings. The van der Waals surface area contributed by atoms with Crippen molar-refractivity contribution in [2.24, 2.45) is 0 Å². The van der Waals surface area contributed by atoms with E-state index in [1.165, 1.54) is 86.9 Å². The molecule has 0 saturated carbocycles. The summed E-state index contributed by atoms with van der Waals surface area (Å²) in [6, 6.07) is 62.0. The second-order valence-corrected chi connectivity index (χ2v) is 13.2. The molecule has 0 atom stereocenters. The van der Waals surface area contributed by atoms with Crippen LogP contribution in [0, 0.1) is 0 Å². The number of benzene rings is 10. The summed E-state index contributed by atoms with van der Waals surface area (Å²) < 4.78 is 6.57. The molecular weight excluding hydrogens is 593 g/mol. The molecule has 0 amide bonds. The largest absolute Gasteiger partial charge is 0.455 e. The van der Waals surface area contributed by atoms with Crippen LogP contribution in [0.4, 0.5) is 0 Å². The van der Waals surface area contributed by atoms with Crippen molar-refractivity contribution in [3.05, 3.63) is 170 Å². The third-order valence-electron chi connectivity index (χ3n) is 10.6. The molecule has 1 heterocycles. The van der Waals surface area contributed by atoms with Gasteiger partial charge in [-0.3, -0.25) is 0 Å². The zero-order chi connectivity index (χ0) is 32.1. The van der Waals surface area contributed by atoms with Crippen LogP contribution in [0.25, 0.3) is 109 Å². The lowest BCUT2D eigenvalue weighted by Gasteiger charge is -2.18. The molecule has 0 fully saturated rings. The van der Waals surface area contributed by atoms with Gasteiger partial charge < -0.3 is 4.42 Å². The van der Waals surface area contributed by atoms with E-state index in [1.807, 2.05) is 0 Å². The zero-order valence-electron chi connectivity index (χ0n) is 26.6. The molecule has 1 nitrogen and oxygen atoms in total. The maximum absolute atomic E-state index is 6.57. The smallest absolute Gasteiger partial charge is 0.143 e. The van der Waals surface area contributed by atoms with Gasteiger partial charge in [0.2, 0.25) is 0 Å². The van der Waals surface area contributed by atoms with E-state index >= 15 is 0 Å². The number of hydrogen-bond acceptors (Lipinski definition) is 1. The van der Waals surface area contributed by atoms with Gasteiger partial charge in [-0.2, -0.15) is 0 Å². The van der Waals surface area contributed by atoms with Crippen molar-refractivity contribution in [3.8, 4) is 22.3 Å². The fourth-order valence-electron chi connectivity index (χ4n) is 8.44. The van der Waals surface area contributed by atoms with Gasteiger partial charge in [0.25, 0.3) is 0 Å². The summed E-state index contributed by atoms with van der Waals surface area (Å²) in [5, 5.41) is 17.5. The Balaban J connectivity index is 1.24. The predicted octanol–water partition coefficient (Wildman–Crippen LogP) is 13.8. The van der Waals surface area contributed by atoms with Crippen molar-refractivity contribution in [3.63, 3.8) is 0 Å². The standard InChI is InChI=1S/C48H28O/c1-2-11-29(12-3-1)31-22-24-39-42(27-31)35-15-6-8-17-37(35)47-40-25-23-32(28-43(40)36-16-7-9-18-38(36)46(39)47)33-19-10-20-44-45(33)41-26-21-30-13-4-5-14-34(30)48(41)49-44/h1-28H. The second-order valence-electron chi connectivity index (χ2n) is 13.2. The van der Waals surface area contributed by atoms with Crippen molar-refractivity contribution in [2.45, 2.75) is 0 Å². The van der Waals surface area contributed by atoms with Gasteiger partial charge in [0, 0.05) is 16.2 Å². The highest BCUT2D eigenvalue weighted by atomic mass is 16.3. The number of fused-ring (bicyclic) bond motifs is 16. The van der Waals surface area contributed by atoms with E-state index in [-0.39, 0.29) is 0 Å². The Morgan fingerprint density at radius 3 is 1.55 bits per heavy atom. The Labute approximate surface area is 282 Å².